The van der Waals surface area contributed by atoms with E-state index in [1.54, 1.807) is 0 Å². The number of carbonyl (C=O) groups is 3. The van der Waals surface area contributed by atoms with E-state index in [2.05, 4.69) is 56.0 Å². The van der Waals surface area contributed by atoms with Gasteiger partial charge in [0.05, 0.1) is 7.11 Å². The third-order valence-corrected chi connectivity index (χ3v) is 10.5. The smallest absolute Gasteiger partial charge is 0.407 e. The van der Waals surface area contributed by atoms with Gasteiger partial charge in [-0.05, 0) is 23.4 Å². The highest BCUT2D eigenvalue weighted by molar-refractivity contribution is 6.87. The Morgan fingerprint density at radius 2 is 1.74 bits per heavy atom. The van der Waals surface area contributed by atoms with Crippen molar-refractivity contribution in [2.24, 2.45) is 0 Å². The molecule has 1 aromatic carbocycles. The highest BCUT2D eigenvalue weighted by atomic mass is 28.3. The maximum Gasteiger partial charge on any atom is 0.407 e. The van der Waals surface area contributed by atoms with Crippen molar-refractivity contribution in [2.45, 2.75) is 83.7 Å². The standard InChI is InChI=1S/C26H40N2O5Si/c1-26(2,3)34(5,6)19-13-16-22(24(30)32-4)28-23(29)17-11-8-12-18-27-25(31)33-20-21-14-9-7-10-15-21/h7,9-10,14-15,22H,8,11-12,16-18,20H2,1-6H3,(H,27,31)(H,28,29)/t22-/m0/s1. The predicted molar refractivity (Wildman–Crippen MR) is 137 cm³/mol. The van der Waals surface area contributed by atoms with Gasteiger partial charge in [0.2, 0.25) is 5.91 Å². The first kappa shape index (κ1) is 29.2. The summed E-state index contributed by atoms with van der Waals surface area (Å²) in [6.07, 6.45) is 2.21. The van der Waals surface area contributed by atoms with E-state index in [-0.39, 0.29) is 24.0 Å². The van der Waals surface area contributed by atoms with E-state index in [0.717, 1.165) is 18.4 Å². The largest absolute Gasteiger partial charge is 0.467 e. The molecule has 2 amide bonds. The van der Waals surface area contributed by atoms with Crippen molar-refractivity contribution in [1.82, 2.24) is 10.6 Å². The molecule has 0 heterocycles. The molecule has 0 saturated heterocycles. The Bertz CT molecular complexity index is 853. The fraction of sp³-hybridized carbons (Fsp3) is 0.577. The van der Waals surface area contributed by atoms with Gasteiger partial charge in [0.15, 0.2) is 0 Å². The molecule has 0 bridgehead atoms. The number of benzene rings is 1. The third kappa shape index (κ3) is 11.4. The quantitative estimate of drug-likeness (QED) is 0.206. The van der Waals surface area contributed by atoms with Crippen molar-refractivity contribution in [2.75, 3.05) is 13.7 Å². The van der Waals surface area contributed by atoms with Crippen LogP contribution in [0.4, 0.5) is 4.79 Å². The van der Waals surface area contributed by atoms with Gasteiger partial charge in [0, 0.05) is 19.4 Å². The third-order valence-electron chi connectivity index (χ3n) is 5.97. The maximum atomic E-state index is 12.3. The molecule has 34 heavy (non-hydrogen) atoms. The minimum Gasteiger partial charge on any atom is -0.467 e. The van der Waals surface area contributed by atoms with Crippen LogP contribution < -0.4 is 10.6 Å². The molecule has 7 nitrogen and oxygen atoms in total. The Balaban J connectivity index is 2.30. The van der Waals surface area contributed by atoms with E-state index in [0.29, 0.717) is 19.4 Å². The van der Waals surface area contributed by atoms with Crippen molar-refractivity contribution in [3.8, 4) is 11.5 Å². The van der Waals surface area contributed by atoms with Crippen LogP contribution in [0, 0.1) is 11.5 Å². The van der Waals surface area contributed by atoms with Gasteiger partial charge >= 0.3 is 12.1 Å². The van der Waals surface area contributed by atoms with Crippen LogP contribution in [0.1, 0.15) is 58.4 Å². The van der Waals surface area contributed by atoms with E-state index in [1.807, 2.05) is 30.3 Å². The van der Waals surface area contributed by atoms with E-state index < -0.39 is 26.2 Å². The highest BCUT2D eigenvalue weighted by Crippen LogP contribution is 2.35. The first-order chi connectivity index (χ1) is 16.0. The van der Waals surface area contributed by atoms with Gasteiger partial charge < -0.3 is 20.1 Å². The van der Waals surface area contributed by atoms with Crippen LogP contribution in [0.25, 0.3) is 0 Å². The van der Waals surface area contributed by atoms with Gasteiger partial charge in [0.25, 0.3) is 0 Å². The normalized spacial score (nSPS) is 12.1. The van der Waals surface area contributed by atoms with Gasteiger partial charge in [-0.15, -0.1) is 11.5 Å². The summed E-state index contributed by atoms with van der Waals surface area (Å²) < 4.78 is 9.98. The minimum absolute atomic E-state index is 0.123. The lowest BCUT2D eigenvalue weighted by molar-refractivity contribution is -0.144. The number of alkyl carbamates (subject to hydrolysis) is 1. The SMILES string of the molecule is COC(=O)[C@H](CC#C[Si](C)(C)C(C)(C)C)NC(=O)CCCCCNC(=O)OCc1ccccc1. The molecule has 0 aliphatic rings. The lowest BCUT2D eigenvalue weighted by Gasteiger charge is -2.31. The average Bonchev–Trinajstić information content (AvgIpc) is 2.78. The number of carbonyl (C=O) groups excluding carboxylic acids is 3. The first-order valence-electron chi connectivity index (χ1n) is 11.8. The minimum atomic E-state index is -1.79. The summed E-state index contributed by atoms with van der Waals surface area (Å²) in [5.74, 6) is 2.41. The second-order valence-corrected chi connectivity index (χ2v) is 14.8. The lowest BCUT2D eigenvalue weighted by atomic mass is 10.1. The molecular formula is C26H40N2O5Si. The highest BCUT2D eigenvalue weighted by Gasteiger charge is 2.33. The molecule has 1 aromatic rings. The fourth-order valence-corrected chi connectivity index (χ4v) is 3.63. The van der Waals surface area contributed by atoms with E-state index in [9.17, 15) is 14.4 Å². The number of nitrogens with one attached hydrogen (secondary N) is 2. The lowest BCUT2D eigenvalue weighted by Crippen LogP contribution is -2.41. The summed E-state index contributed by atoms with van der Waals surface area (Å²) in [7, 11) is -0.480. The van der Waals surface area contributed by atoms with Gasteiger partial charge in [-0.2, -0.15) is 0 Å². The molecule has 0 aliphatic heterocycles. The van der Waals surface area contributed by atoms with Crippen molar-refractivity contribution in [1.29, 1.82) is 0 Å². The zero-order chi connectivity index (χ0) is 25.6. The molecule has 1 atom stereocenters. The molecule has 0 unspecified atom stereocenters. The number of rotatable bonds is 11. The molecule has 0 radical (unpaired) electrons. The van der Waals surface area contributed by atoms with Gasteiger partial charge in [-0.25, -0.2) is 9.59 Å². The number of methoxy groups -OCH3 is 1. The van der Waals surface area contributed by atoms with Crippen molar-refractivity contribution < 1.29 is 23.9 Å². The number of ether oxygens (including phenoxy) is 2. The molecule has 8 heteroatoms. The van der Waals surface area contributed by atoms with Crippen LogP contribution in [0.15, 0.2) is 30.3 Å². The Morgan fingerprint density at radius 3 is 2.35 bits per heavy atom. The number of amides is 2. The predicted octanol–water partition coefficient (Wildman–Crippen LogP) is 4.57. The Kier molecular flexibility index (Phi) is 12.4. The molecule has 188 valence electrons. The van der Waals surface area contributed by atoms with Crippen molar-refractivity contribution in [3.05, 3.63) is 35.9 Å². The van der Waals surface area contributed by atoms with Crippen LogP contribution in [0.3, 0.4) is 0 Å². The number of hydrogen-bond acceptors (Lipinski definition) is 5. The molecule has 0 aromatic heterocycles. The molecule has 0 saturated carbocycles. The van der Waals surface area contributed by atoms with E-state index in [1.165, 1.54) is 7.11 Å². The summed E-state index contributed by atoms with van der Waals surface area (Å²) in [4.78, 5) is 36.1. The second-order valence-electron chi connectivity index (χ2n) is 9.82. The van der Waals surface area contributed by atoms with Crippen LogP contribution in [-0.2, 0) is 25.7 Å². The van der Waals surface area contributed by atoms with E-state index in [4.69, 9.17) is 9.47 Å². The fourth-order valence-electron chi connectivity index (χ4n) is 2.72. The monoisotopic (exact) mass is 488 g/mol. The van der Waals surface area contributed by atoms with Gasteiger partial charge in [-0.3, -0.25) is 4.79 Å². The van der Waals surface area contributed by atoms with Gasteiger partial charge in [-0.1, -0.05) is 70.6 Å². The number of esters is 1. The van der Waals surface area contributed by atoms with Gasteiger partial charge in [0.1, 0.15) is 20.7 Å². The Hall–Kier alpha value is -2.79. The number of unbranched alkanes of at least 4 members (excludes halogenated alkanes) is 2. The molecule has 0 aliphatic carbocycles. The zero-order valence-electron chi connectivity index (χ0n) is 21.5. The molecule has 2 N–H and O–H groups in total. The molecular weight excluding hydrogens is 448 g/mol. The molecule has 1 rings (SSSR count). The van der Waals surface area contributed by atoms with Crippen LogP contribution in [0.2, 0.25) is 18.1 Å². The molecule has 0 fully saturated rings. The zero-order valence-corrected chi connectivity index (χ0v) is 22.5. The van der Waals surface area contributed by atoms with Crippen LogP contribution >= 0.6 is 0 Å². The van der Waals surface area contributed by atoms with Crippen molar-refractivity contribution >= 4 is 26.0 Å². The molecule has 0 spiro atoms. The summed E-state index contributed by atoms with van der Waals surface area (Å²) in [5, 5.41) is 5.57. The Labute approximate surface area is 205 Å². The van der Waals surface area contributed by atoms with Crippen LogP contribution in [0.5, 0.6) is 0 Å². The summed E-state index contributed by atoms with van der Waals surface area (Å²) in [5.41, 5.74) is 4.29. The summed E-state index contributed by atoms with van der Waals surface area (Å²) in [6, 6.07) is 8.71. The first-order valence-corrected chi connectivity index (χ1v) is 14.8. The summed E-state index contributed by atoms with van der Waals surface area (Å²) >= 11 is 0. The summed E-state index contributed by atoms with van der Waals surface area (Å²) in [6.45, 7) is 11.6. The number of hydrogen-bond donors (Lipinski definition) is 2. The van der Waals surface area contributed by atoms with Crippen molar-refractivity contribution in [3.63, 3.8) is 0 Å². The Morgan fingerprint density at radius 1 is 1.06 bits per heavy atom. The topological polar surface area (TPSA) is 93.7 Å². The average molecular weight is 489 g/mol. The van der Waals surface area contributed by atoms with E-state index >= 15 is 0 Å². The van der Waals surface area contributed by atoms with Crippen LogP contribution in [-0.4, -0.2) is 45.7 Å². The second kappa shape index (κ2) is 14.5. The maximum absolute atomic E-state index is 12.3.